The molecule has 1 aromatic rings. The fraction of sp³-hybridized carbons (Fsp3) is 0.588. The lowest BCUT2D eigenvalue weighted by Gasteiger charge is -2.32. The highest BCUT2D eigenvalue weighted by atomic mass is 19.1. The van der Waals surface area contributed by atoms with Crippen molar-refractivity contribution in [2.45, 2.75) is 64.2 Å². The molecule has 2 aliphatic rings. The molecule has 6 heteroatoms. The molecule has 0 spiro atoms. The molecular formula is C17H23BFNO3. The van der Waals surface area contributed by atoms with E-state index in [0.29, 0.717) is 5.46 Å². The molecular weight excluding hydrogens is 296 g/mol. The zero-order chi connectivity index (χ0) is 16.8. The van der Waals surface area contributed by atoms with Gasteiger partial charge in [-0.1, -0.05) is 6.07 Å². The van der Waals surface area contributed by atoms with Crippen LogP contribution in [0.4, 0.5) is 4.39 Å². The van der Waals surface area contributed by atoms with Gasteiger partial charge in [0, 0.05) is 6.04 Å². The Hall–Kier alpha value is -1.40. The Kier molecular flexibility index (Phi) is 4.01. The van der Waals surface area contributed by atoms with Crippen molar-refractivity contribution in [2.75, 3.05) is 0 Å². The number of hydrogen-bond donors (Lipinski definition) is 1. The average molecular weight is 319 g/mol. The Morgan fingerprint density at radius 1 is 1.22 bits per heavy atom. The van der Waals surface area contributed by atoms with Crippen LogP contribution in [0.1, 0.15) is 57.3 Å². The lowest BCUT2D eigenvalue weighted by molar-refractivity contribution is 0.00578. The van der Waals surface area contributed by atoms with E-state index in [1.807, 2.05) is 27.7 Å². The van der Waals surface area contributed by atoms with Crippen molar-refractivity contribution in [3.63, 3.8) is 0 Å². The molecule has 1 saturated heterocycles. The molecule has 2 fully saturated rings. The maximum Gasteiger partial charge on any atom is 0.494 e. The van der Waals surface area contributed by atoms with E-state index in [0.717, 1.165) is 19.3 Å². The Balaban J connectivity index is 1.76. The molecule has 1 aliphatic heterocycles. The van der Waals surface area contributed by atoms with Crippen molar-refractivity contribution in [3.8, 4) is 0 Å². The van der Waals surface area contributed by atoms with Crippen LogP contribution < -0.4 is 10.8 Å². The van der Waals surface area contributed by atoms with E-state index in [4.69, 9.17) is 9.31 Å². The van der Waals surface area contributed by atoms with Gasteiger partial charge in [0.25, 0.3) is 5.91 Å². The summed E-state index contributed by atoms with van der Waals surface area (Å²) < 4.78 is 26.2. The van der Waals surface area contributed by atoms with E-state index in [2.05, 4.69) is 5.32 Å². The second kappa shape index (κ2) is 5.60. The Labute approximate surface area is 136 Å². The third-order valence-corrected chi connectivity index (χ3v) is 5.20. The second-order valence-electron chi connectivity index (χ2n) is 7.43. The SMILES string of the molecule is CC1(C)OB(c2ccc(C(=O)NC3CCC3)c(F)c2)OC1(C)C. The van der Waals surface area contributed by atoms with Crippen molar-refractivity contribution >= 4 is 18.5 Å². The third kappa shape index (κ3) is 3.02. The maximum atomic E-state index is 14.3. The molecule has 1 aromatic carbocycles. The van der Waals surface area contributed by atoms with Gasteiger partial charge in [0.15, 0.2) is 0 Å². The molecule has 0 aromatic heterocycles. The molecule has 0 atom stereocenters. The topological polar surface area (TPSA) is 47.6 Å². The third-order valence-electron chi connectivity index (χ3n) is 5.20. The summed E-state index contributed by atoms with van der Waals surface area (Å²) >= 11 is 0. The average Bonchev–Trinajstić information content (AvgIpc) is 2.62. The number of carbonyl (C=O) groups excluding carboxylic acids is 1. The van der Waals surface area contributed by atoms with Crippen LogP contribution in [0.25, 0.3) is 0 Å². The van der Waals surface area contributed by atoms with Gasteiger partial charge in [0.2, 0.25) is 0 Å². The number of rotatable bonds is 3. The Bertz CT molecular complexity index is 612. The predicted molar refractivity (Wildman–Crippen MR) is 87.2 cm³/mol. The van der Waals surface area contributed by atoms with Crippen LogP contribution in [0.5, 0.6) is 0 Å². The lowest BCUT2D eigenvalue weighted by Crippen LogP contribution is -2.41. The molecule has 4 nitrogen and oxygen atoms in total. The van der Waals surface area contributed by atoms with Crippen LogP contribution in [0.3, 0.4) is 0 Å². The van der Waals surface area contributed by atoms with Gasteiger partial charge >= 0.3 is 7.12 Å². The first-order valence-corrected chi connectivity index (χ1v) is 8.15. The molecule has 1 amide bonds. The molecule has 0 radical (unpaired) electrons. The van der Waals surface area contributed by atoms with E-state index in [1.54, 1.807) is 6.07 Å². The molecule has 1 saturated carbocycles. The van der Waals surface area contributed by atoms with Crippen LogP contribution in [0.15, 0.2) is 18.2 Å². The highest BCUT2D eigenvalue weighted by molar-refractivity contribution is 6.62. The van der Waals surface area contributed by atoms with Gasteiger partial charge < -0.3 is 14.6 Å². The number of benzene rings is 1. The van der Waals surface area contributed by atoms with E-state index >= 15 is 0 Å². The number of halogens is 1. The summed E-state index contributed by atoms with van der Waals surface area (Å²) in [5.74, 6) is -0.901. The number of amides is 1. The van der Waals surface area contributed by atoms with Gasteiger partial charge in [-0.25, -0.2) is 4.39 Å². The smallest absolute Gasteiger partial charge is 0.399 e. The summed E-state index contributed by atoms with van der Waals surface area (Å²) in [6, 6.07) is 4.72. The van der Waals surface area contributed by atoms with Crippen molar-refractivity contribution in [1.29, 1.82) is 0 Å². The van der Waals surface area contributed by atoms with Gasteiger partial charge in [0.05, 0.1) is 16.8 Å². The van der Waals surface area contributed by atoms with Gasteiger partial charge in [-0.2, -0.15) is 0 Å². The molecule has 23 heavy (non-hydrogen) atoms. The van der Waals surface area contributed by atoms with Crippen LogP contribution in [-0.4, -0.2) is 30.3 Å². The largest absolute Gasteiger partial charge is 0.494 e. The molecule has 1 heterocycles. The summed E-state index contributed by atoms with van der Waals surface area (Å²) in [4.78, 5) is 12.1. The molecule has 0 bridgehead atoms. The van der Waals surface area contributed by atoms with Crippen LogP contribution in [0, 0.1) is 5.82 Å². The second-order valence-corrected chi connectivity index (χ2v) is 7.43. The summed E-state index contributed by atoms with van der Waals surface area (Å²) in [6.07, 6.45) is 3.06. The quantitative estimate of drug-likeness (QED) is 0.871. The first kappa shape index (κ1) is 16.5. The first-order valence-electron chi connectivity index (χ1n) is 8.15. The minimum absolute atomic E-state index is 0.0668. The zero-order valence-electron chi connectivity index (χ0n) is 14.1. The molecule has 0 unspecified atom stereocenters. The van der Waals surface area contributed by atoms with Crippen molar-refractivity contribution in [2.24, 2.45) is 0 Å². The van der Waals surface area contributed by atoms with E-state index < -0.39 is 24.1 Å². The first-order chi connectivity index (χ1) is 10.7. The van der Waals surface area contributed by atoms with Crippen molar-refractivity contribution in [3.05, 3.63) is 29.6 Å². The maximum absolute atomic E-state index is 14.3. The van der Waals surface area contributed by atoms with Gasteiger partial charge in [-0.3, -0.25) is 4.79 Å². The van der Waals surface area contributed by atoms with Crippen LogP contribution in [-0.2, 0) is 9.31 Å². The summed E-state index contributed by atoms with van der Waals surface area (Å²) in [5.41, 5.74) is -0.304. The van der Waals surface area contributed by atoms with Crippen molar-refractivity contribution < 1.29 is 18.5 Å². The Morgan fingerprint density at radius 2 is 1.83 bits per heavy atom. The van der Waals surface area contributed by atoms with Crippen LogP contribution >= 0.6 is 0 Å². The lowest BCUT2D eigenvalue weighted by atomic mass is 9.78. The molecule has 1 aliphatic carbocycles. The highest BCUT2D eigenvalue weighted by Gasteiger charge is 2.51. The van der Waals surface area contributed by atoms with Gasteiger partial charge in [-0.15, -0.1) is 0 Å². The summed E-state index contributed by atoms with van der Waals surface area (Å²) in [5, 5.41) is 2.85. The van der Waals surface area contributed by atoms with E-state index in [-0.39, 0.29) is 17.5 Å². The fourth-order valence-electron chi connectivity index (χ4n) is 2.66. The molecule has 3 rings (SSSR count). The predicted octanol–water partition coefficient (Wildman–Crippen LogP) is 2.41. The fourth-order valence-corrected chi connectivity index (χ4v) is 2.66. The normalized spacial score (nSPS) is 22.7. The number of nitrogens with one attached hydrogen (secondary N) is 1. The molecule has 1 N–H and O–H groups in total. The molecule has 124 valence electrons. The minimum Gasteiger partial charge on any atom is -0.399 e. The monoisotopic (exact) mass is 319 g/mol. The van der Waals surface area contributed by atoms with Gasteiger partial charge in [0.1, 0.15) is 5.82 Å². The summed E-state index contributed by atoms with van der Waals surface area (Å²) in [7, 11) is -0.627. The van der Waals surface area contributed by atoms with Crippen LogP contribution in [0.2, 0.25) is 0 Å². The van der Waals surface area contributed by atoms with Crippen molar-refractivity contribution in [1.82, 2.24) is 5.32 Å². The van der Waals surface area contributed by atoms with Gasteiger partial charge in [-0.05, 0) is 64.6 Å². The highest BCUT2D eigenvalue weighted by Crippen LogP contribution is 2.36. The number of hydrogen-bond acceptors (Lipinski definition) is 3. The number of carbonyl (C=O) groups is 1. The summed E-state index contributed by atoms with van der Waals surface area (Å²) in [6.45, 7) is 7.79. The van der Waals surface area contributed by atoms with E-state index in [1.165, 1.54) is 12.1 Å². The standard InChI is InChI=1S/C17H23BFNO3/c1-16(2)17(3,4)23-18(22-16)11-8-9-13(14(19)10-11)15(21)20-12-6-5-7-12/h8-10,12H,5-7H2,1-4H3,(H,20,21). The van der Waals surface area contributed by atoms with E-state index in [9.17, 15) is 9.18 Å². The zero-order valence-corrected chi connectivity index (χ0v) is 14.1. The minimum atomic E-state index is -0.627. The Morgan fingerprint density at radius 3 is 2.30 bits per heavy atom.